The van der Waals surface area contributed by atoms with Gasteiger partial charge in [0.15, 0.2) is 0 Å². The summed E-state index contributed by atoms with van der Waals surface area (Å²) in [5, 5.41) is 18.2. The van der Waals surface area contributed by atoms with E-state index < -0.39 is 6.61 Å². The largest absolute Gasteiger partial charge is 0.387 e. The van der Waals surface area contributed by atoms with E-state index in [9.17, 15) is 4.79 Å². The minimum absolute atomic E-state index is 0.308. The van der Waals surface area contributed by atoms with E-state index in [2.05, 4.69) is 11.6 Å². The molecule has 0 saturated carbocycles. The number of nitrogens with zero attached hydrogens (tertiary/aromatic N) is 1. The predicted octanol–water partition coefficient (Wildman–Crippen LogP) is 3.01. The Balaban J connectivity index is 2.25. The van der Waals surface area contributed by atoms with Gasteiger partial charge in [-0.25, -0.2) is 0 Å². The van der Waals surface area contributed by atoms with Crippen LogP contribution in [-0.2, 0) is 17.8 Å². The first-order chi connectivity index (χ1) is 11.0. The fourth-order valence-electron chi connectivity index (χ4n) is 2.98. The summed E-state index contributed by atoms with van der Waals surface area (Å²) in [5.74, 6) is -0.308. The van der Waals surface area contributed by atoms with Crippen LogP contribution < -0.4 is 0 Å². The lowest BCUT2D eigenvalue weighted by Crippen LogP contribution is -2.37. The van der Waals surface area contributed by atoms with Crippen molar-refractivity contribution in [2.75, 3.05) is 13.2 Å². The number of aromatic nitrogens is 1. The first-order valence-corrected chi connectivity index (χ1v) is 7.83. The van der Waals surface area contributed by atoms with E-state index in [1.165, 1.54) is 0 Å². The number of hydrogen-bond donors (Lipinski definition) is 3. The molecule has 0 saturated heterocycles. The highest BCUT2D eigenvalue weighted by Crippen LogP contribution is 2.40. The topological polar surface area (TPSA) is 80.2 Å². The van der Waals surface area contributed by atoms with Crippen LogP contribution in [0.2, 0.25) is 10.0 Å². The van der Waals surface area contributed by atoms with Crippen molar-refractivity contribution in [3.8, 4) is 0 Å². The van der Waals surface area contributed by atoms with Crippen LogP contribution in [0.3, 0.4) is 0 Å². The van der Waals surface area contributed by atoms with Gasteiger partial charge in [-0.05, 0) is 17.2 Å². The summed E-state index contributed by atoms with van der Waals surface area (Å²) in [6.45, 7) is 4.29. The number of halogens is 2. The van der Waals surface area contributed by atoms with Gasteiger partial charge in [0.25, 0.3) is 0 Å². The maximum Gasteiger partial charge on any atom is 0.248 e. The van der Waals surface area contributed by atoms with Crippen LogP contribution in [-0.4, -0.2) is 40.3 Å². The maximum absolute atomic E-state index is 11.8. The quantitative estimate of drug-likeness (QED) is 0.743. The van der Waals surface area contributed by atoms with Crippen molar-refractivity contribution < 1.29 is 9.90 Å². The van der Waals surface area contributed by atoms with E-state index >= 15 is 0 Å². The van der Waals surface area contributed by atoms with Crippen molar-refractivity contribution in [3.05, 3.63) is 39.5 Å². The molecule has 0 radical (unpaired) electrons. The number of H-pyrrole nitrogens is 1. The van der Waals surface area contributed by atoms with Crippen molar-refractivity contribution in [1.82, 2.24) is 9.88 Å². The van der Waals surface area contributed by atoms with Crippen LogP contribution in [0, 0.1) is 5.41 Å². The third kappa shape index (κ3) is 2.55. The van der Waals surface area contributed by atoms with Gasteiger partial charge in [0, 0.05) is 42.4 Å². The van der Waals surface area contributed by atoms with Gasteiger partial charge in [-0.3, -0.25) is 4.79 Å². The Labute approximate surface area is 143 Å². The molecule has 1 amide bonds. The molecule has 0 fully saturated rings. The van der Waals surface area contributed by atoms with E-state index in [1.54, 1.807) is 11.0 Å². The van der Waals surface area contributed by atoms with E-state index in [4.69, 9.17) is 33.7 Å². The summed E-state index contributed by atoms with van der Waals surface area (Å²) >= 11 is 12.5. The van der Waals surface area contributed by atoms with E-state index in [1.807, 2.05) is 0 Å². The molecule has 0 bridgehead atoms. The number of aromatic amines is 1. The van der Waals surface area contributed by atoms with Crippen LogP contribution in [0.15, 0.2) is 12.6 Å². The lowest BCUT2D eigenvalue weighted by Gasteiger charge is -2.27. The van der Waals surface area contributed by atoms with Crippen molar-refractivity contribution in [3.63, 3.8) is 0 Å². The van der Waals surface area contributed by atoms with Crippen LogP contribution in [0.4, 0.5) is 0 Å². The first-order valence-electron chi connectivity index (χ1n) is 7.07. The number of hydrogen-bond acceptors (Lipinski definition) is 3. The molecule has 0 atom stereocenters. The molecule has 7 heteroatoms. The van der Waals surface area contributed by atoms with Gasteiger partial charge in [0.1, 0.15) is 6.61 Å². The summed E-state index contributed by atoms with van der Waals surface area (Å²) in [6, 6.07) is 1.69. The van der Waals surface area contributed by atoms with E-state index in [0.29, 0.717) is 40.6 Å². The normalized spacial score (nSPS) is 14.0. The van der Waals surface area contributed by atoms with Gasteiger partial charge in [0.2, 0.25) is 5.91 Å². The number of fused-ring (bicyclic) bond motifs is 3. The summed E-state index contributed by atoms with van der Waals surface area (Å²) in [7, 11) is 0. The van der Waals surface area contributed by atoms with E-state index in [-0.39, 0.29) is 5.91 Å². The van der Waals surface area contributed by atoms with Crippen LogP contribution in [0.5, 0.6) is 0 Å². The fourth-order valence-corrected chi connectivity index (χ4v) is 3.38. The van der Waals surface area contributed by atoms with Gasteiger partial charge < -0.3 is 20.4 Å². The molecule has 1 aliphatic heterocycles. The minimum Gasteiger partial charge on any atom is -0.387 e. The fraction of sp³-hybridized carbons (Fsp3) is 0.250. The lowest BCUT2D eigenvalue weighted by molar-refractivity contribution is -0.135. The number of amides is 1. The highest BCUT2D eigenvalue weighted by molar-refractivity contribution is 6.45. The Bertz CT molecular complexity index is 842. The number of nitrogens with one attached hydrogen (secondary N) is 2. The molecule has 0 unspecified atom stereocenters. The number of rotatable bonds is 3. The van der Waals surface area contributed by atoms with Crippen molar-refractivity contribution in [2.24, 2.45) is 0 Å². The molecule has 2 heterocycles. The van der Waals surface area contributed by atoms with E-state index in [0.717, 1.165) is 28.4 Å². The highest BCUT2D eigenvalue weighted by Gasteiger charge is 2.26. The highest BCUT2D eigenvalue weighted by atomic mass is 35.5. The Morgan fingerprint density at radius 1 is 1.52 bits per heavy atom. The lowest BCUT2D eigenvalue weighted by atomic mass is 9.97. The number of benzene rings is 1. The molecule has 3 N–H and O–H groups in total. The van der Waals surface area contributed by atoms with Crippen LogP contribution in [0.25, 0.3) is 16.5 Å². The smallest absolute Gasteiger partial charge is 0.248 e. The Morgan fingerprint density at radius 2 is 2.26 bits per heavy atom. The number of carbonyl (C=O) groups is 1. The number of allylic oxidation sites excluding steroid dienone is 1. The first kappa shape index (κ1) is 16.1. The third-order valence-corrected chi connectivity index (χ3v) is 4.94. The number of carbonyl (C=O) groups excluding carboxylic acids is 1. The van der Waals surface area contributed by atoms with Crippen molar-refractivity contribution in [2.45, 2.75) is 13.0 Å². The molecule has 0 aliphatic carbocycles. The molecule has 1 aromatic heterocycles. The molecule has 5 nitrogen and oxygen atoms in total. The summed E-state index contributed by atoms with van der Waals surface area (Å²) < 4.78 is 0. The third-order valence-electron chi connectivity index (χ3n) is 4.15. The molecule has 1 aromatic carbocycles. The SMILES string of the molecule is C=C(C=N)c1cc(Cl)c(Cl)c2[nH]c3c(c12)CN(C(=O)CO)CC3. The molecule has 120 valence electrons. The molecule has 23 heavy (non-hydrogen) atoms. The number of aliphatic hydroxyl groups is 1. The van der Waals surface area contributed by atoms with Crippen molar-refractivity contribution in [1.29, 1.82) is 5.41 Å². The zero-order valence-electron chi connectivity index (χ0n) is 12.2. The number of aliphatic hydroxyl groups excluding tert-OH is 1. The Morgan fingerprint density at radius 3 is 2.91 bits per heavy atom. The van der Waals surface area contributed by atoms with Gasteiger partial charge in [0.05, 0.1) is 15.6 Å². The predicted molar refractivity (Wildman–Crippen MR) is 92.3 cm³/mol. The molecule has 0 spiro atoms. The molecular weight excluding hydrogens is 337 g/mol. The maximum atomic E-state index is 11.8. The molecule has 3 rings (SSSR count). The van der Waals surface area contributed by atoms with Gasteiger partial charge in [-0.2, -0.15) is 0 Å². The average molecular weight is 352 g/mol. The van der Waals surface area contributed by atoms with Gasteiger partial charge in [-0.15, -0.1) is 0 Å². The molecular formula is C16H15Cl2N3O2. The van der Waals surface area contributed by atoms with Crippen molar-refractivity contribution >= 4 is 51.8 Å². The Hall–Kier alpha value is -1.82. The summed E-state index contributed by atoms with van der Waals surface area (Å²) in [4.78, 5) is 16.7. The second-order valence-electron chi connectivity index (χ2n) is 5.45. The monoisotopic (exact) mass is 351 g/mol. The van der Waals surface area contributed by atoms with Gasteiger partial charge >= 0.3 is 0 Å². The molecule has 1 aliphatic rings. The van der Waals surface area contributed by atoms with Crippen LogP contribution >= 0.6 is 23.2 Å². The standard InChI is InChI=1S/C16H15Cl2N3O2/c1-8(5-19)9-4-11(17)15(18)16-14(9)10-6-21(13(23)7-22)3-2-12(10)20-16/h4-5,19-20,22H,1-3,6-7H2. The molecule has 2 aromatic rings. The second-order valence-corrected chi connectivity index (χ2v) is 6.23. The minimum atomic E-state index is -0.510. The summed E-state index contributed by atoms with van der Waals surface area (Å²) in [5.41, 5.74) is 3.86. The zero-order valence-corrected chi connectivity index (χ0v) is 13.8. The zero-order chi connectivity index (χ0) is 16.7. The second kappa shape index (κ2) is 6.00. The van der Waals surface area contributed by atoms with Crippen LogP contribution in [0.1, 0.15) is 16.8 Å². The average Bonchev–Trinajstić information content (AvgIpc) is 2.95. The Kier molecular flexibility index (Phi) is 4.19. The van der Waals surface area contributed by atoms with Gasteiger partial charge in [-0.1, -0.05) is 29.8 Å². The summed E-state index contributed by atoms with van der Waals surface area (Å²) in [6.07, 6.45) is 1.80.